The lowest BCUT2D eigenvalue weighted by Gasteiger charge is -2.20. The van der Waals surface area contributed by atoms with E-state index >= 15 is 0 Å². The summed E-state index contributed by atoms with van der Waals surface area (Å²) in [4.78, 5) is 12.9. The molecular weight excluding hydrogens is 331 g/mol. The van der Waals surface area contributed by atoms with Crippen LogP contribution in [-0.4, -0.2) is 35.6 Å². The van der Waals surface area contributed by atoms with Crippen molar-refractivity contribution in [2.24, 2.45) is 0 Å². The van der Waals surface area contributed by atoms with Gasteiger partial charge in [0.2, 0.25) is 0 Å². The lowest BCUT2D eigenvalue weighted by molar-refractivity contribution is 0.0517. The number of carbonyl (C=O) groups excluding carboxylic acids is 1. The summed E-state index contributed by atoms with van der Waals surface area (Å²) in [7, 11) is 0. The van der Waals surface area contributed by atoms with E-state index in [1.54, 1.807) is 13.0 Å². The van der Waals surface area contributed by atoms with Gasteiger partial charge in [0.1, 0.15) is 5.82 Å². The summed E-state index contributed by atoms with van der Waals surface area (Å²) < 4.78 is 26.7. The second-order valence-electron chi connectivity index (χ2n) is 5.76. The van der Waals surface area contributed by atoms with E-state index in [-0.39, 0.29) is 11.9 Å². The summed E-state index contributed by atoms with van der Waals surface area (Å²) in [6.07, 6.45) is 0.828. The minimum atomic E-state index is -0.424. The molecule has 4 rings (SSSR count). The number of rotatable bonds is 3. The van der Waals surface area contributed by atoms with E-state index in [9.17, 15) is 9.18 Å². The fourth-order valence-corrected chi connectivity index (χ4v) is 4.31. The van der Waals surface area contributed by atoms with E-state index in [2.05, 4.69) is 5.10 Å². The second kappa shape index (κ2) is 6.22. The van der Waals surface area contributed by atoms with Crippen molar-refractivity contribution in [1.82, 2.24) is 9.78 Å². The van der Waals surface area contributed by atoms with Crippen LogP contribution >= 0.6 is 11.8 Å². The smallest absolute Gasteiger partial charge is 0.359 e. The van der Waals surface area contributed by atoms with E-state index in [1.807, 2.05) is 10.7 Å². The minimum Gasteiger partial charge on any atom is -0.461 e. The van der Waals surface area contributed by atoms with Crippen LogP contribution in [-0.2, 0) is 15.2 Å². The van der Waals surface area contributed by atoms with Crippen LogP contribution in [0, 0.1) is 5.82 Å². The molecule has 2 aromatic rings. The normalized spacial score (nSPS) is 19.0. The topological polar surface area (TPSA) is 53.3 Å². The van der Waals surface area contributed by atoms with Gasteiger partial charge >= 0.3 is 5.97 Å². The number of nitrogens with zero attached hydrogens (tertiary/aromatic N) is 2. The minimum absolute atomic E-state index is 0.0566. The van der Waals surface area contributed by atoms with Crippen molar-refractivity contribution < 1.29 is 18.7 Å². The van der Waals surface area contributed by atoms with Gasteiger partial charge in [0, 0.05) is 23.5 Å². The van der Waals surface area contributed by atoms with Crippen LogP contribution in [0.25, 0.3) is 11.3 Å². The van der Waals surface area contributed by atoms with Gasteiger partial charge in [-0.1, -0.05) is 12.1 Å². The summed E-state index contributed by atoms with van der Waals surface area (Å²) in [5.41, 5.74) is 2.77. The number of hydrogen-bond donors (Lipinski definition) is 0. The molecule has 7 heteroatoms. The first-order valence-electron chi connectivity index (χ1n) is 7.98. The molecule has 1 atom stereocenters. The van der Waals surface area contributed by atoms with Crippen LogP contribution in [0.15, 0.2) is 23.1 Å². The van der Waals surface area contributed by atoms with Crippen LogP contribution in [0.2, 0.25) is 0 Å². The van der Waals surface area contributed by atoms with Gasteiger partial charge in [-0.25, -0.2) is 9.18 Å². The number of halogens is 1. The molecule has 3 heterocycles. The average molecular weight is 348 g/mol. The Morgan fingerprint density at radius 1 is 1.54 bits per heavy atom. The molecule has 24 heavy (non-hydrogen) atoms. The summed E-state index contributed by atoms with van der Waals surface area (Å²) in [6, 6.07) is 5.09. The highest BCUT2D eigenvalue weighted by atomic mass is 32.2. The van der Waals surface area contributed by atoms with Crippen molar-refractivity contribution >= 4 is 17.7 Å². The van der Waals surface area contributed by atoms with Crippen molar-refractivity contribution in [1.29, 1.82) is 0 Å². The van der Waals surface area contributed by atoms with Gasteiger partial charge < -0.3 is 9.47 Å². The van der Waals surface area contributed by atoms with Crippen LogP contribution in [0.3, 0.4) is 0 Å². The predicted molar refractivity (Wildman–Crippen MR) is 87.6 cm³/mol. The molecule has 126 valence electrons. The van der Waals surface area contributed by atoms with Gasteiger partial charge in [-0.2, -0.15) is 5.10 Å². The van der Waals surface area contributed by atoms with E-state index < -0.39 is 5.97 Å². The molecule has 1 aromatic carbocycles. The summed E-state index contributed by atoms with van der Waals surface area (Å²) in [6.45, 7) is 3.28. The first kappa shape index (κ1) is 15.7. The maximum Gasteiger partial charge on any atom is 0.359 e. The van der Waals surface area contributed by atoms with Crippen molar-refractivity contribution in [2.45, 2.75) is 30.0 Å². The summed E-state index contributed by atoms with van der Waals surface area (Å²) in [5.74, 6) is -0.159. The molecular formula is C17H17FN2O3S. The van der Waals surface area contributed by atoms with Crippen molar-refractivity contribution in [3.63, 3.8) is 0 Å². The molecule has 5 nitrogen and oxygen atoms in total. The van der Waals surface area contributed by atoms with Crippen LogP contribution in [0.5, 0.6) is 0 Å². The Kier molecular flexibility index (Phi) is 4.05. The second-order valence-corrected chi connectivity index (χ2v) is 6.75. The Hall–Kier alpha value is -1.86. The number of benzene rings is 1. The van der Waals surface area contributed by atoms with E-state index in [1.165, 1.54) is 17.8 Å². The van der Waals surface area contributed by atoms with Crippen LogP contribution in [0.1, 0.15) is 35.4 Å². The molecule has 0 saturated carbocycles. The zero-order chi connectivity index (χ0) is 16.7. The molecule has 2 aliphatic rings. The number of esters is 1. The zero-order valence-electron chi connectivity index (χ0n) is 13.3. The molecule has 1 saturated heterocycles. The number of carbonyl (C=O) groups is 1. The first-order chi connectivity index (χ1) is 11.7. The first-order valence-corrected chi connectivity index (χ1v) is 8.97. The van der Waals surface area contributed by atoms with Crippen LogP contribution < -0.4 is 0 Å². The molecule has 0 aliphatic carbocycles. The predicted octanol–water partition coefficient (Wildman–Crippen LogP) is 3.43. The lowest BCUT2D eigenvalue weighted by atomic mass is 10.0. The molecule has 1 fully saturated rings. The van der Waals surface area contributed by atoms with Crippen molar-refractivity contribution in [3.05, 3.63) is 35.3 Å². The molecule has 0 spiro atoms. The standard InChI is InChI=1S/C17H17FN2O3S/c1-2-23-17(21)14-12-9-24-16-11(4-3-5-13(16)18)15(12)20(19-14)10-6-7-22-8-10/h3-5,10H,2,6-9H2,1H3. The Morgan fingerprint density at radius 3 is 3.17 bits per heavy atom. The van der Waals surface area contributed by atoms with Gasteiger partial charge in [-0.05, 0) is 19.4 Å². The molecule has 1 aromatic heterocycles. The van der Waals surface area contributed by atoms with Crippen molar-refractivity contribution in [3.8, 4) is 11.3 Å². The summed E-state index contributed by atoms with van der Waals surface area (Å²) >= 11 is 1.40. The monoisotopic (exact) mass is 348 g/mol. The third kappa shape index (κ3) is 2.43. The third-order valence-electron chi connectivity index (χ3n) is 4.31. The van der Waals surface area contributed by atoms with Gasteiger partial charge in [0.05, 0.1) is 29.8 Å². The fraction of sp³-hybridized carbons (Fsp3) is 0.412. The highest BCUT2D eigenvalue weighted by molar-refractivity contribution is 7.98. The highest BCUT2D eigenvalue weighted by Gasteiger charge is 2.33. The number of fused-ring (bicyclic) bond motifs is 3. The van der Waals surface area contributed by atoms with Crippen LogP contribution in [0.4, 0.5) is 4.39 Å². The largest absolute Gasteiger partial charge is 0.461 e. The number of thioether (sulfide) groups is 1. The van der Waals surface area contributed by atoms with E-state index in [0.29, 0.717) is 36.2 Å². The SMILES string of the molecule is CCOC(=O)c1nn(C2CCOC2)c2c1CSc1c(F)cccc1-2. The Labute approximate surface area is 143 Å². The zero-order valence-corrected chi connectivity index (χ0v) is 14.1. The Morgan fingerprint density at radius 2 is 2.42 bits per heavy atom. The Balaban J connectivity index is 1.91. The lowest BCUT2D eigenvalue weighted by Crippen LogP contribution is -2.14. The number of aromatic nitrogens is 2. The maximum atomic E-state index is 14.2. The molecule has 0 amide bonds. The maximum absolute atomic E-state index is 14.2. The third-order valence-corrected chi connectivity index (χ3v) is 5.45. The Bertz CT molecular complexity index is 799. The quantitative estimate of drug-likeness (QED) is 0.796. The number of ether oxygens (including phenoxy) is 2. The highest BCUT2D eigenvalue weighted by Crippen LogP contribution is 2.45. The van der Waals surface area contributed by atoms with E-state index in [4.69, 9.17) is 9.47 Å². The fourth-order valence-electron chi connectivity index (χ4n) is 3.22. The molecule has 0 N–H and O–H groups in total. The van der Waals surface area contributed by atoms with Gasteiger partial charge in [-0.3, -0.25) is 4.68 Å². The molecule has 0 bridgehead atoms. The summed E-state index contributed by atoms with van der Waals surface area (Å²) in [5, 5.41) is 4.55. The van der Waals surface area contributed by atoms with Crippen molar-refractivity contribution in [2.75, 3.05) is 19.8 Å². The molecule has 0 radical (unpaired) electrons. The van der Waals surface area contributed by atoms with E-state index in [0.717, 1.165) is 23.2 Å². The molecule has 2 aliphatic heterocycles. The van der Waals surface area contributed by atoms with Gasteiger partial charge in [0.15, 0.2) is 5.69 Å². The van der Waals surface area contributed by atoms with Gasteiger partial charge in [0.25, 0.3) is 0 Å². The number of hydrogen-bond acceptors (Lipinski definition) is 5. The average Bonchev–Trinajstić information content (AvgIpc) is 3.22. The van der Waals surface area contributed by atoms with Gasteiger partial charge in [-0.15, -0.1) is 11.8 Å². The molecule has 1 unspecified atom stereocenters.